The number of guanidine groups is 1. The Hall–Kier alpha value is -1.32. The fourth-order valence-electron chi connectivity index (χ4n) is 1.47. The number of aliphatic imine (C=N–C) groups is 1. The van der Waals surface area contributed by atoms with E-state index in [1.54, 1.807) is 0 Å². The molecule has 4 nitrogen and oxygen atoms in total. The van der Waals surface area contributed by atoms with Gasteiger partial charge in [0.25, 0.3) is 0 Å². The number of carbonyl (C=O) groups is 1. The molecule has 4 N–H and O–H groups in total. The largest absolute Gasteiger partial charge is 0.370 e. The van der Waals surface area contributed by atoms with Crippen LogP contribution in [0.25, 0.3) is 0 Å². The van der Waals surface area contributed by atoms with E-state index in [1.807, 2.05) is 0 Å². The third-order valence-electron chi connectivity index (χ3n) is 2.41. The predicted octanol–water partition coefficient (Wildman–Crippen LogP) is 2.48. The van der Waals surface area contributed by atoms with Crippen LogP contribution in [0.5, 0.6) is 0 Å². The second kappa shape index (κ2) is 11.2. The van der Waals surface area contributed by atoms with Crippen molar-refractivity contribution in [1.82, 2.24) is 0 Å². The number of rotatable bonds is 9. The molecule has 0 fully saturated rings. The van der Waals surface area contributed by atoms with Crippen LogP contribution in [0, 0.1) is 0 Å². The Labute approximate surface area is 104 Å². The summed E-state index contributed by atoms with van der Waals surface area (Å²) in [5.41, 5.74) is 10.2. The summed E-state index contributed by atoms with van der Waals surface area (Å²) in [5, 5.41) is 0. The Kier molecular flexibility index (Phi) is 10.3. The number of nitrogens with zero attached hydrogens (tertiary/aromatic N) is 1. The number of allylic oxidation sites excluding steroid dienone is 2. The number of hydrogen-bond donors (Lipinski definition) is 2. The maximum absolute atomic E-state index is 11.1. The van der Waals surface area contributed by atoms with Gasteiger partial charge in [0.05, 0.1) is 0 Å². The summed E-state index contributed by atoms with van der Waals surface area (Å²) in [5.74, 6) is -0.364. The number of hydrogen-bond acceptors (Lipinski definition) is 1. The third-order valence-corrected chi connectivity index (χ3v) is 2.41. The molecule has 0 heterocycles. The Bertz CT molecular complexity index is 255. The van der Waals surface area contributed by atoms with Crippen molar-refractivity contribution >= 4 is 11.9 Å². The van der Waals surface area contributed by atoms with Crippen LogP contribution in [0.15, 0.2) is 17.1 Å². The van der Waals surface area contributed by atoms with E-state index < -0.39 is 0 Å². The van der Waals surface area contributed by atoms with E-state index in [1.165, 1.54) is 19.3 Å². The average molecular weight is 239 g/mol. The van der Waals surface area contributed by atoms with Crippen LogP contribution >= 0.6 is 0 Å². The van der Waals surface area contributed by atoms with E-state index in [4.69, 9.17) is 11.5 Å². The van der Waals surface area contributed by atoms with Gasteiger partial charge in [-0.05, 0) is 25.7 Å². The Morgan fingerprint density at radius 1 is 1.06 bits per heavy atom. The molecule has 0 radical (unpaired) electrons. The first-order valence-corrected chi connectivity index (χ1v) is 6.44. The zero-order chi connectivity index (χ0) is 12.9. The highest BCUT2D eigenvalue weighted by Gasteiger charge is 1.98. The van der Waals surface area contributed by atoms with Gasteiger partial charge in [-0.15, -0.1) is 0 Å². The zero-order valence-electron chi connectivity index (χ0n) is 10.8. The summed E-state index contributed by atoms with van der Waals surface area (Å²) in [6, 6.07) is 0. The number of carbonyl (C=O) groups excluding carboxylic acids is 1. The molecule has 0 spiro atoms. The van der Waals surface area contributed by atoms with Gasteiger partial charge >= 0.3 is 0 Å². The van der Waals surface area contributed by atoms with E-state index in [-0.39, 0.29) is 11.9 Å². The summed E-state index contributed by atoms with van der Waals surface area (Å²) >= 11 is 0. The molecular weight excluding hydrogens is 214 g/mol. The van der Waals surface area contributed by atoms with Crippen molar-refractivity contribution in [1.29, 1.82) is 0 Å². The van der Waals surface area contributed by atoms with Gasteiger partial charge in [0.15, 0.2) is 5.96 Å². The second-order valence-corrected chi connectivity index (χ2v) is 4.14. The van der Waals surface area contributed by atoms with Gasteiger partial charge in [0.2, 0.25) is 5.91 Å². The van der Waals surface area contributed by atoms with Crippen LogP contribution in [0.4, 0.5) is 0 Å². The van der Waals surface area contributed by atoms with E-state index in [2.05, 4.69) is 24.1 Å². The molecule has 0 aromatic carbocycles. The predicted molar refractivity (Wildman–Crippen MR) is 72.6 cm³/mol. The number of amides is 1. The molecule has 0 aliphatic rings. The number of nitrogens with two attached hydrogens (primary N) is 2. The van der Waals surface area contributed by atoms with Crippen molar-refractivity contribution in [2.45, 2.75) is 58.3 Å². The third kappa shape index (κ3) is 12.6. The molecule has 17 heavy (non-hydrogen) atoms. The van der Waals surface area contributed by atoms with Gasteiger partial charge in [-0.2, -0.15) is 4.99 Å². The highest BCUT2D eigenvalue weighted by atomic mass is 16.1. The summed E-state index contributed by atoms with van der Waals surface area (Å²) in [4.78, 5) is 14.6. The maximum atomic E-state index is 11.1. The van der Waals surface area contributed by atoms with Gasteiger partial charge in [0.1, 0.15) is 0 Å². The lowest BCUT2D eigenvalue weighted by Crippen LogP contribution is -2.24. The van der Waals surface area contributed by atoms with Gasteiger partial charge < -0.3 is 11.5 Å². The lowest BCUT2D eigenvalue weighted by molar-refractivity contribution is -0.117. The van der Waals surface area contributed by atoms with Crippen molar-refractivity contribution in [3.05, 3.63) is 12.2 Å². The van der Waals surface area contributed by atoms with Crippen molar-refractivity contribution in [2.75, 3.05) is 0 Å². The lowest BCUT2D eigenvalue weighted by Gasteiger charge is -1.97. The van der Waals surface area contributed by atoms with Crippen LogP contribution in [0.2, 0.25) is 0 Å². The van der Waals surface area contributed by atoms with Gasteiger partial charge in [0, 0.05) is 6.42 Å². The molecule has 0 rings (SSSR count). The standard InChI is InChI=1S/C13H25N3O/c1-2-3-4-5-6-7-8-9-10-11-12(17)16-13(14)15/h5-6H,2-4,7-11H2,1H3,(H4,14,15,16,17)/b6-5+. The molecule has 98 valence electrons. The van der Waals surface area contributed by atoms with Crippen LogP contribution in [-0.4, -0.2) is 11.9 Å². The SMILES string of the molecule is CCCC/C=C/CCCCCC(=O)N=C(N)N. The van der Waals surface area contributed by atoms with E-state index in [0.717, 1.165) is 25.7 Å². The molecule has 4 heteroatoms. The first-order valence-electron chi connectivity index (χ1n) is 6.44. The summed E-state index contributed by atoms with van der Waals surface area (Å²) < 4.78 is 0. The van der Waals surface area contributed by atoms with Gasteiger partial charge in [-0.1, -0.05) is 38.3 Å². The van der Waals surface area contributed by atoms with Crippen molar-refractivity contribution < 1.29 is 4.79 Å². The molecule has 0 unspecified atom stereocenters. The van der Waals surface area contributed by atoms with Crippen LogP contribution in [-0.2, 0) is 4.79 Å². The molecular formula is C13H25N3O. The van der Waals surface area contributed by atoms with E-state index >= 15 is 0 Å². The maximum Gasteiger partial charge on any atom is 0.248 e. The highest BCUT2D eigenvalue weighted by Crippen LogP contribution is 2.05. The van der Waals surface area contributed by atoms with Crippen LogP contribution in [0.3, 0.4) is 0 Å². The Morgan fingerprint density at radius 2 is 1.71 bits per heavy atom. The molecule has 0 saturated heterocycles. The smallest absolute Gasteiger partial charge is 0.248 e. The molecule has 0 bridgehead atoms. The van der Waals surface area contributed by atoms with Crippen LogP contribution in [0.1, 0.15) is 58.3 Å². The first kappa shape index (κ1) is 15.7. The molecule has 0 aliphatic carbocycles. The van der Waals surface area contributed by atoms with Crippen molar-refractivity contribution in [3.8, 4) is 0 Å². The minimum atomic E-state index is -0.219. The fraction of sp³-hybridized carbons (Fsp3) is 0.692. The quantitative estimate of drug-likeness (QED) is 0.281. The molecule has 0 atom stereocenters. The highest BCUT2D eigenvalue weighted by molar-refractivity contribution is 5.91. The molecule has 0 aromatic heterocycles. The normalized spacial score (nSPS) is 10.6. The summed E-state index contributed by atoms with van der Waals surface area (Å²) in [6.07, 6.45) is 12.7. The van der Waals surface area contributed by atoms with Crippen molar-refractivity contribution in [3.63, 3.8) is 0 Å². The summed E-state index contributed by atoms with van der Waals surface area (Å²) in [7, 11) is 0. The second-order valence-electron chi connectivity index (χ2n) is 4.14. The first-order chi connectivity index (χ1) is 8.16. The van der Waals surface area contributed by atoms with E-state index in [9.17, 15) is 4.79 Å². The van der Waals surface area contributed by atoms with E-state index in [0.29, 0.717) is 6.42 Å². The topological polar surface area (TPSA) is 81.5 Å². The molecule has 0 aromatic rings. The zero-order valence-corrected chi connectivity index (χ0v) is 10.8. The van der Waals surface area contributed by atoms with Gasteiger partial charge in [-0.25, -0.2) is 0 Å². The van der Waals surface area contributed by atoms with Crippen molar-refractivity contribution in [2.24, 2.45) is 16.5 Å². The molecule has 0 saturated carbocycles. The lowest BCUT2D eigenvalue weighted by atomic mass is 10.1. The number of unbranched alkanes of at least 4 members (excludes halogenated alkanes) is 5. The minimum Gasteiger partial charge on any atom is -0.370 e. The fourth-order valence-corrected chi connectivity index (χ4v) is 1.47. The Morgan fingerprint density at radius 3 is 2.29 bits per heavy atom. The monoisotopic (exact) mass is 239 g/mol. The average Bonchev–Trinajstić information content (AvgIpc) is 2.26. The minimum absolute atomic E-state index is 0.145. The molecule has 0 aliphatic heterocycles. The van der Waals surface area contributed by atoms with Crippen LogP contribution < -0.4 is 11.5 Å². The van der Waals surface area contributed by atoms with Gasteiger partial charge in [-0.3, -0.25) is 4.79 Å². The Balaban J connectivity index is 3.32. The molecule has 1 amide bonds. The summed E-state index contributed by atoms with van der Waals surface area (Å²) in [6.45, 7) is 2.20.